The van der Waals surface area contributed by atoms with Gasteiger partial charge in [0.15, 0.2) is 0 Å². The highest BCUT2D eigenvalue weighted by Gasteiger charge is 2.28. The fraction of sp³-hybridized carbons (Fsp3) is 0.517. The highest BCUT2D eigenvalue weighted by Crippen LogP contribution is 2.22. The van der Waals surface area contributed by atoms with Crippen molar-refractivity contribution >= 4 is 43.5 Å². The van der Waals surface area contributed by atoms with Crippen LogP contribution in [0, 0.1) is 0 Å². The number of halogens is 1. The summed E-state index contributed by atoms with van der Waals surface area (Å²) in [5, 5.41) is 3.15. The summed E-state index contributed by atoms with van der Waals surface area (Å²) in [5.41, 5.74) is 2.63. The Bertz CT molecular complexity index is 1180. The average molecular weight is 607 g/mol. The molecule has 1 atom stereocenters. The van der Waals surface area contributed by atoms with Gasteiger partial charge in [-0.25, -0.2) is 8.42 Å². The molecular weight excluding hydrogens is 566 g/mol. The van der Waals surface area contributed by atoms with Gasteiger partial charge in [0.05, 0.1) is 11.9 Å². The Hall–Kier alpha value is -2.39. The molecule has 38 heavy (non-hydrogen) atoms. The highest BCUT2D eigenvalue weighted by atomic mass is 79.9. The maximum absolute atomic E-state index is 13.5. The first-order chi connectivity index (χ1) is 18.1. The number of nitrogens with one attached hydrogen (secondary N) is 1. The Morgan fingerprint density at radius 3 is 2.34 bits per heavy atom. The van der Waals surface area contributed by atoms with Crippen molar-refractivity contribution in [2.24, 2.45) is 0 Å². The molecular formula is C29H40BrN3O4S. The van der Waals surface area contributed by atoms with Crippen molar-refractivity contribution in [2.75, 3.05) is 17.1 Å². The largest absolute Gasteiger partial charge is 0.352 e. The zero-order valence-corrected chi connectivity index (χ0v) is 25.1. The number of anilines is 1. The molecule has 1 N–H and O–H groups in total. The third kappa shape index (κ3) is 8.83. The Balaban J connectivity index is 1.71. The van der Waals surface area contributed by atoms with E-state index in [0.29, 0.717) is 18.7 Å². The number of benzene rings is 2. The van der Waals surface area contributed by atoms with Crippen LogP contribution in [0.4, 0.5) is 5.69 Å². The molecule has 0 saturated heterocycles. The molecule has 1 aliphatic carbocycles. The van der Waals surface area contributed by atoms with Crippen LogP contribution in [-0.2, 0) is 32.6 Å². The molecule has 1 fully saturated rings. The zero-order chi connectivity index (χ0) is 27.7. The lowest BCUT2D eigenvalue weighted by Crippen LogP contribution is -2.50. The van der Waals surface area contributed by atoms with Crippen LogP contribution in [0.3, 0.4) is 0 Å². The van der Waals surface area contributed by atoms with Gasteiger partial charge in [-0.15, -0.1) is 0 Å². The lowest BCUT2D eigenvalue weighted by molar-refractivity contribution is -0.141. The van der Waals surface area contributed by atoms with Gasteiger partial charge >= 0.3 is 0 Å². The molecule has 1 unspecified atom stereocenters. The SMILES string of the molecule is CCc1ccc(N(CCCC(=O)N(Cc2cccc(Br)c2)C(C)C(=O)NC2CCCCC2)S(C)(=O)=O)cc1. The number of sulfonamides is 1. The van der Waals surface area contributed by atoms with Crippen molar-refractivity contribution in [2.45, 2.75) is 83.8 Å². The van der Waals surface area contributed by atoms with Gasteiger partial charge in [-0.3, -0.25) is 13.9 Å². The maximum atomic E-state index is 13.5. The normalized spacial score (nSPS) is 15.1. The summed E-state index contributed by atoms with van der Waals surface area (Å²) in [4.78, 5) is 28.3. The summed E-state index contributed by atoms with van der Waals surface area (Å²) < 4.78 is 27.3. The predicted octanol–water partition coefficient (Wildman–Crippen LogP) is 5.42. The highest BCUT2D eigenvalue weighted by molar-refractivity contribution is 9.10. The van der Waals surface area contributed by atoms with Crippen LogP contribution in [0.1, 0.15) is 69.9 Å². The van der Waals surface area contributed by atoms with E-state index >= 15 is 0 Å². The summed E-state index contributed by atoms with van der Waals surface area (Å²) in [5.74, 6) is -0.319. The summed E-state index contributed by atoms with van der Waals surface area (Å²) in [6, 6.07) is 14.7. The van der Waals surface area contributed by atoms with Crippen molar-refractivity contribution in [3.63, 3.8) is 0 Å². The smallest absolute Gasteiger partial charge is 0.242 e. The maximum Gasteiger partial charge on any atom is 0.242 e. The van der Waals surface area contributed by atoms with Crippen LogP contribution in [0.5, 0.6) is 0 Å². The van der Waals surface area contributed by atoms with Crippen LogP contribution in [-0.4, -0.2) is 50.0 Å². The van der Waals surface area contributed by atoms with Gasteiger partial charge < -0.3 is 10.2 Å². The Kier molecular flexibility index (Phi) is 11.2. The zero-order valence-electron chi connectivity index (χ0n) is 22.7. The Labute approximate surface area is 236 Å². The summed E-state index contributed by atoms with van der Waals surface area (Å²) in [6.07, 6.45) is 7.88. The second-order valence-corrected chi connectivity index (χ2v) is 13.0. The van der Waals surface area contributed by atoms with E-state index in [1.54, 1.807) is 24.0 Å². The van der Waals surface area contributed by atoms with Crippen LogP contribution in [0.25, 0.3) is 0 Å². The number of nitrogens with zero attached hydrogens (tertiary/aromatic N) is 2. The van der Waals surface area contributed by atoms with E-state index in [4.69, 9.17) is 0 Å². The summed E-state index contributed by atoms with van der Waals surface area (Å²) in [7, 11) is -3.52. The minimum Gasteiger partial charge on any atom is -0.352 e. The minimum atomic E-state index is -3.52. The van der Waals surface area contributed by atoms with Gasteiger partial charge in [0.25, 0.3) is 0 Å². The summed E-state index contributed by atoms with van der Waals surface area (Å²) >= 11 is 3.48. The number of carbonyl (C=O) groups excluding carboxylic acids is 2. The fourth-order valence-electron chi connectivity index (χ4n) is 4.89. The average Bonchev–Trinajstić information content (AvgIpc) is 2.89. The Morgan fingerprint density at radius 1 is 1.05 bits per heavy atom. The van der Waals surface area contributed by atoms with Gasteiger partial charge in [0, 0.05) is 30.0 Å². The molecule has 2 amide bonds. The molecule has 3 rings (SSSR count). The molecule has 0 heterocycles. The molecule has 208 valence electrons. The number of hydrogen-bond acceptors (Lipinski definition) is 4. The third-order valence-electron chi connectivity index (χ3n) is 7.15. The molecule has 1 aliphatic rings. The van der Waals surface area contributed by atoms with Gasteiger partial charge in [-0.1, -0.05) is 66.4 Å². The first-order valence-electron chi connectivity index (χ1n) is 13.5. The van der Waals surface area contributed by atoms with Crippen molar-refractivity contribution in [1.82, 2.24) is 10.2 Å². The predicted molar refractivity (Wildman–Crippen MR) is 156 cm³/mol. The number of amides is 2. The van der Waals surface area contributed by atoms with E-state index < -0.39 is 16.1 Å². The van der Waals surface area contributed by atoms with Gasteiger partial charge in [-0.2, -0.15) is 0 Å². The molecule has 0 aromatic heterocycles. The fourth-order valence-corrected chi connectivity index (χ4v) is 6.30. The van der Waals surface area contributed by atoms with Crippen molar-refractivity contribution in [3.05, 3.63) is 64.1 Å². The number of hydrogen-bond donors (Lipinski definition) is 1. The molecule has 2 aromatic carbocycles. The lowest BCUT2D eigenvalue weighted by atomic mass is 9.95. The van der Waals surface area contributed by atoms with Crippen LogP contribution < -0.4 is 9.62 Å². The Morgan fingerprint density at radius 2 is 1.74 bits per heavy atom. The standard InChI is InChI=1S/C29H40BrN3O4S/c1-4-23-15-17-27(18-16-23)33(38(3,36)37)19-9-14-28(34)32(21-24-10-8-11-25(30)20-24)22(2)29(35)31-26-12-6-5-7-13-26/h8,10-11,15-18,20,22,26H,4-7,9,12-14,19,21H2,1-3H3,(H,31,35). The molecule has 9 heteroatoms. The topological polar surface area (TPSA) is 86.8 Å². The van der Waals surface area contributed by atoms with Crippen LogP contribution >= 0.6 is 15.9 Å². The van der Waals surface area contributed by atoms with Gasteiger partial charge in [0.1, 0.15) is 6.04 Å². The van der Waals surface area contributed by atoms with E-state index in [2.05, 4.69) is 21.2 Å². The number of carbonyl (C=O) groups is 2. The second kappa shape index (κ2) is 14.1. The van der Waals surface area contributed by atoms with E-state index in [9.17, 15) is 18.0 Å². The second-order valence-electron chi connectivity index (χ2n) is 10.1. The summed E-state index contributed by atoms with van der Waals surface area (Å²) in [6.45, 7) is 4.30. The molecule has 1 saturated carbocycles. The molecule has 2 aromatic rings. The van der Waals surface area contributed by atoms with E-state index in [0.717, 1.165) is 47.7 Å². The van der Waals surface area contributed by atoms with Crippen LogP contribution in [0.2, 0.25) is 0 Å². The monoisotopic (exact) mass is 605 g/mol. The van der Waals surface area contributed by atoms with E-state index in [1.165, 1.54) is 17.0 Å². The first-order valence-corrected chi connectivity index (χ1v) is 16.1. The molecule has 7 nitrogen and oxygen atoms in total. The minimum absolute atomic E-state index is 0.133. The first kappa shape index (κ1) is 30.2. The number of aryl methyl sites for hydroxylation is 1. The molecule has 0 aliphatic heterocycles. The third-order valence-corrected chi connectivity index (χ3v) is 8.83. The van der Waals surface area contributed by atoms with E-state index in [1.807, 2.05) is 43.3 Å². The van der Waals surface area contributed by atoms with E-state index in [-0.39, 0.29) is 30.8 Å². The van der Waals surface area contributed by atoms with Crippen LogP contribution in [0.15, 0.2) is 53.0 Å². The van der Waals surface area contributed by atoms with Gasteiger partial charge in [0.2, 0.25) is 21.8 Å². The van der Waals surface area contributed by atoms with Crippen molar-refractivity contribution in [3.8, 4) is 0 Å². The molecule has 0 radical (unpaired) electrons. The lowest BCUT2D eigenvalue weighted by Gasteiger charge is -2.31. The quantitative estimate of drug-likeness (QED) is 0.350. The molecule has 0 bridgehead atoms. The van der Waals surface area contributed by atoms with Gasteiger partial charge in [-0.05, 0) is 68.0 Å². The number of rotatable bonds is 12. The molecule has 0 spiro atoms. The van der Waals surface area contributed by atoms with Crippen molar-refractivity contribution in [1.29, 1.82) is 0 Å². The van der Waals surface area contributed by atoms with Crippen molar-refractivity contribution < 1.29 is 18.0 Å².